The highest BCUT2D eigenvalue weighted by Gasteiger charge is 2.41. The molecule has 140 valence electrons. The highest BCUT2D eigenvalue weighted by Crippen LogP contribution is 2.41. The highest BCUT2D eigenvalue weighted by molar-refractivity contribution is 5.88. The Balaban J connectivity index is 2.12. The number of azide groups is 1. The van der Waals surface area contributed by atoms with E-state index in [4.69, 9.17) is 10.3 Å². The molecule has 0 aliphatic heterocycles. The van der Waals surface area contributed by atoms with Gasteiger partial charge in [-0.25, -0.2) is 4.79 Å². The van der Waals surface area contributed by atoms with Crippen LogP contribution in [0.2, 0.25) is 0 Å². The van der Waals surface area contributed by atoms with Gasteiger partial charge < -0.3 is 10.1 Å². The predicted octanol–water partition coefficient (Wildman–Crippen LogP) is 3.46. The minimum atomic E-state index is -0.729. The molecule has 1 unspecified atom stereocenters. The molecule has 1 aromatic carbocycles. The fraction of sp³-hybridized carbons (Fsp3) is 0.579. The van der Waals surface area contributed by atoms with Crippen LogP contribution >= 0.6 is 0 Å². The van der Waals surface area contributed by atoms with E-state index in [0.717, 1.165) is 36.8 Å². The van der Waals surface area contributed by atoms with E-state index in [1.807, 2.05) is 31.2 Å². The third kappa shape index (κ3) is 4.99. The third-order valence-electron chi connectivity index (χ3n) is 5.15. The molecule has 1 saturated carbocycles. The van der Waals surface area contributed by atoms with Gasteiger partial charge in [-0.2, -0.15) is 0 Å². The van der Waals surface area contributed by atoms with Crippen LogP contribution in [0.15, 0.2) is 29.4 Å². The minimum absolute atomic E-state index is 0.148. The fourth-order valence-electron chi connectivity index (χ4n) is 3.56. The normalized spacial score (nSPS) is 16.4. The molecule has 26 heavy (non-hydrogen) atoms. The Labute approximate surface area is 153 Å². The molecule has 0 heterocycles. The van der Waals surface area contributed by atoms with Crippen LogP contribution in [0.4, 0.5) is 0 Å². The molecule has 1 aromatic rings. The van der Waals surface area contributed by atoms with Crippen molar-refractivity contribution in [3.63, 3.8) is 0 Å². The summed E-state index contributed by atoms with van der Waals surface area (Å²) in [5, 5.41) is 6.47. The van der Waals surface area contributed by atoms with Gasteiger partial charge in [-0.3, -0.25) is 4.79 Å². The van der Waals surface area contributed by atoms with Crippen molar-refractivity contribution in [1.29, 1.82) is 0 Å². The van der Waals surface area contributed by atoms with Crippen molar-refractivity contribution in [2.24, 2.45) is 10.5 Å². The van der Waals surface area contributed by atoms with Gasteiger partial charge in [0.25, 0.3) is 0 Å². The largest absolute Gasteiger partial charge is 0.467 e. The number of esters is 1. The molecule has 1 aliphatic carbocycles. The smallest absolute Gasteiger partial charge is 0.328 e. The monoisotopic (exact) mass is 358 g/mol. The first kappa shape index (κ1) is 19.8. The van der Waals surface area contributed by atoms with Gasteiger partial charge in [0.15, 0.2) is 0 Å². The topological polar surface area (TPSA) is 104 Å². The summed E-state index contributed by atoms with van der Waals surface area (Å²) in [6.45, 7) is 2.28. The highest BCUT2D eigenvalue weighted by atomic mass is 16.5. The number of amides is 1. The van der Waals surface area contributed by atoms with E-state index < -0.39 is 17.4 Å². The molecule has 1 aliphatic rings. The average Bonchev–Trinajstić information content (AvgIpc) is 3.12. The molecular formula is C19H26N4O3. The molecule has 0 saturated heterocycles. The lowest BCUT2D eigenvalue weighted by molar-refractivity contribution is -0.146. The molecule has 7 nitrogen and oxygen atoms in total. The van der Waals surface area contributed by atoms with E-state index in [2.05, 4.69) is 15.3 Å². The van der Waals surface area contributed by atoms with Gasteiger partial charge in [0.2, 0.25) is 5.91 Å². The summed E-state index contributed by atoms with van der Waals surface area (Å²) in [7, 11) is 1.32. The average molecular weight is 358 g/mol. The second-order valence-corrected chi connectivity index (χ2v) is 6.93. The molecule has 1 atom stereocenters. The Kier molecular flexibility index (Phi) is 7.04. The van der Waals surface area contributed by atoms with Crippen LogP contribution in [0.3, 0.4) is 0 Å². The number of hydrogen-bond acceptors (Lipinski definition) is 4. The zero-order valence-corrected chi connectivity index (χ0v) is 15.4. The lowest BCUT2D eigenvalue weighted by Gasteiger charge is -2.29. The Morgan fingerprint density at radius 3 is 2.54 bits per heavy atom. The number of nitrogens with zero attached hydrogens (tertiary/aromatic N) is 3. The number of hydrogen-bond donors (Lipinski definition) is 1. The first-order chi connectivity index (χ1) is 12.5. The Bertz CT molecular complexity index is 675. The number of ether oxygens (including phenoxy) is 1. The zero-order chi connectivity index (χ0) is 19.0. The van der Waals surface area contributed by atoms with Crippen molar-refractivity contribution in [2.45, 2.75) is 51.5 Å². The Morgan fingerprint density at radius 1 is 1.31 bits per heavy atom. The van der Waals surface area contributed by atoms with Crippen LogP contribution in [0, 0.1) is 12.3 Å². The maximum atomic E-state index is 13.0. The van der Waals surface area contributed by atoms with E-state index in [0.29, 0.717) is 12.8 Å². The number of benzene rings is 1. The van der Waals surface area contributed by atoms with Gasteiger partial charge in [0, 0.05) is 23.3 Å². The van der Waals surface area contributed by atoms with Gasteiger partial charge in [-0.05, 0) is 37.3 Å². The number of carbonyl (C=O) groups excluding carboxylic acids is 2. The van der Waals surface area contributed by atoms with Crippen LogP contribution in [0.5, 0.6) is 0 Å². The summed E-state index contributed by atoms with van der Waals surface area (Å²) in [5.74, 6) is -0.604. The molecule has 2 rings (SSSR count). The molecule has 0 radical (unpaired) electrons. The Morgan fingerprint density at radius 2 is 1.96 bits per heavy atom. The standard InChI is InChI=1S/C19H26N4O3/c1-14-5-7-15(8-6-14)13-16(17(24)26-2)22-18(25)19(9-3-4-10-19)11-12-21-23-20/h5-8,16H,3-4,9-13H2,1-2H3,(H,22,25). The van der Waals surface area contributed by atoms with Crippen molar-refractivity contribution in [2.75, 3.05) is 13.7 Å². The molecule has 0 spiro atoms. The Hall–Kier alpha value is -2.53. The minimum Gasteiger partial charge on any atom is -0.467 e. The molecule has 7 heteroatoms. The van der Waals surface area contributed by atoms with E-state index in [-0.39, 0.29) is 12.5 Å². The van der Waals surface area contributed by atoms with Gasteiger partial charge in [0.05, 0.1) is 7.11 Å². The summed E-state index contributed by atoms with van der Waals surface area (Å²) in [6, 6.07) is 7.12. The van der Waals surface area contributed by atoms with E-state index in [1.54, 1.807) is 0 Å². The van der Waals surface area contributed by atoms with Gasteiger partial charge >= 0.3 is 5.97 Å². The quantitative estimate of drug-likeness (QED) is 0.333. The number of rotatable bonds is 8. The maximum absolute atomic E-state index is 13.0. The molecule has 0 bridgehead atoms. The first-order valence-electron chi connectivity index (χ1n) is 8.96. The van der Waals surface area contributed by atoms with E-state index in [9.17, 15) is 9.59 Å². The number of methoxy groups -OCH3 is 1. The van der Waals surface area contributed by atoms with E-state index >= 15 is 0 Å². The van der Waals surface area contributed by atoms with Crippen LogP contribution in [-0.4, -0.2) is 31.6 Å². The molecular weight excluding hydrogens is 332 g/mol. The summed E-state index contributed by atoms with van der Waals surface area (Å²) < 4.78 is 4.88. The van der Waals surface area contributed by atoms with Crippen molar-refractivity contribution in [3.05, 3.63) is 45.8 Å². The van der Waals surface area contributed by atoms with Gasteiger partial charge in [-0.1, -0.05) is 47.8 Å². The van der Waals surface area contributed by atoms with Crippen molar-refractivity contribution in [3.8, 4) is 0 Å². The predicted molar refractivity (Wildman–Crippen MR) is 98.4 cm³/mol. The van der Waals surface area contributed by atoms with Crippen LogP contribution in [0.1, 0.15) is 43.2 Å². The number of aryl methyl sites for hydroxylation is 1. The summed E-state index contributed by atoms with van der Waals surface area (Å²) >= 11 is 0. The zero-order valence-electron chi connectivity index (χ0n) is 15.4. The first-order valence-corrected chi connectivity index (χ1v) is 8.96. The number of nitrogens with one attached hydrogen (secondary N) is 1. The number of carbonyl (C=O) groups is 2. The second kappa shape index (κ2) is 9.25. The van der Waals surface area contributed by atoms with Gasteiger partial charge in [-0.15, -0.1) is 0 Å². The molecule has 0 aromatic heterocycles. The fourth-order valence-corrected chi connectivity index (χ4v) is 3.56. The van der Waals surface area contributed by atoms with E-state index in [1.165, 1.54) is 7.11 Å². The second-order valence-electron chi connectivity index (χ2n) is 6.93. The van der Waals surface area contributed by atoms with Crippen molar-refractivity contribution < 1.29 is 14.3 Å². The SMILES string of the molecule is COC(=O)C(Cc1ccc(C)cc1)NC(=O)C1(CCN=[N+]=[N-])CCCC1. The lowest BCUT2D eigenvalue weighted by Crippen LogP contribution is -2.49. The van der Waals surface area contributed by atoms with Crippen LogP contribution < -0.4 is 5.32 Å². The maximum Gasteiger partial charge on any atom is 0.328 e. The van der Waals surface area contributed by atoms with Crippen molar-refractivity contribution in [1.82, 2.24) is 5.32 Å². The summed E-state index contributed by atoms with van der Waals surface area (Å²) in [6.07, 6.45) is 4.30. The lowest BCUT2D eigenvalue weighted by atomic mass is 9.81. The third-order valence-corrected chi connectivity index (χ3v) is 5.15. The molecule has 1 amide bonds. The molecule has 1 fully saturated rings. The molecule has 1 N–H and O–H groups in total. The van der Waals surface area contributed by atoms with Crippen LogP contribution in [-0.2, 0) is 20.7 Å². The van der Waals surface area contributed by atoms with Crippen LogP contribution in [0.25, 0.3) is 10.4 Å². The van der Waals surface area contributed by atoms with Gasteiger partial charge in [0.1, 0.15) is 6.04 Å². The van der Waals surface area contributed by atoms with Crippen molar-refractivity contribution >= 4 is 11.9 Å². The summed E-state index contributed by atoms with van der Waals surface area (Å²) in [4.78, 5) is 27.9. The summed E-state index contributed by atoms with van der Waals surface area (Å²) in [5.41, 5.74) is 10.0.